The molecule has 1 aromatic heterocycles. The van der Waals surface area contributed by atoms with Crippen molar-refractivity contribution in [2.75, 3.05) is 12.3 Å². The topological polar surface area (TPSA) is 116 Å². The lowest BCUT2D eigenvalue weighted by atomic mass is 9.98. The number of alkyl halides is 1. The van der Waals surface area contributed by atoms with Gasteiger partial charge in [-0.15, -0.1) is 0 Å². The van der Waals surface area contributed by atoms with Crippen molar-refractivity contribution in [2.45, 2.75) is 31.0 Å². The number of aliphatic hydroxyl groups is 1. The molecule has 0 saturated carbocycles. The molecule has 100 valence electrons. The Balaban J connectivity index is 2.42. The summed E-state index contributed by atoms with van der Waals surface area (Å²) in [6.45, 7) is 1.11. The van der Waals surface area contributed by atoms with E-state index >= 15 is 0 Å². The molecule has 1 aliphatic rings. The number of aliphatic hydroxyl groups excluding tert-OH is 1. The molecular formula is C10H15FN4O3. The Hall–Kier alpha value is -1.51. The van der Waals surface area contributed by atoms with Crippen LogP contribution in [0.2, 0.25) is 0 Å². The number of aromatic nitrogens is 2. The van der Waals surface area contributed by atoms with Crippen LogP contribution in [-0.4, -0.2) is 39.1 Å². The lowest BCUT2D eigenvalue weighted by molar-refractivity contribution is -0.0488. The minimum absolute atomic E-state index is 0.0331. The summed E-state index contributed by atoms with van der Waals surface area (Å²) in [4.78, 5) is 15.1. The van der Waals surface area contributed by atoms with E-state index in [9.17, 15) is 14.3 Å². The molecule has 2 rings (SSSR count). The summed E-state index contributed by atoms with van der Waals surface area (Å²) < 4.78 is 20.7. The predicted molar refractivity (Wildman–Crippen MR) is 61.4 cm³/mol. The summed E-state index contributed by atoms with van der Waals surface area (Å²) in [6, 6.07) is 1.35. The number of nitrogens with zero attached hydrogens (tertiary/aromatic N) is 2. The van der Waals surface area contributed by atoms with Crippen LogP contribution >= 0.6 is 0 Å². The minimum Gasteiger partial charge on any atom is -0.387 e. The quantitative estimate of drug-likeness (QED) is 0.611. The summed E-state index contributed by atoms with van der Waals surface area (Å²) in [7, 11) is 0. The van der Waals surface area contributed by atoms with Crippen LogP contribution < -0.4 is 17.2 Å². The maximum absolute atomic E-state index is 14.4. The van der Waals surface area contributed by atoms with Crippen molar-refractivity contribution in [1.82, 2.24) is 9.55 Å². The van der Waals surface area contributed by atoms with Crippen molar-refractivity contribution < 1.29 is 14.2 Å². The molecule has 1 saturated heterocycles. The van der Waals surface area contributed by atoms with Gasteiger partial charge in [0.15, 0.2) is 11.9 Å². The predicted octanol–water partition coefficient (Wildman–Crippen LogP) is -1.23. The molecule has 1 aliphatic heterocycles. The van der Waals surface area contributed by atoms with Gasteiger partial charge in [0.25, 0.3) is 0 Å². The average molecular weight is 258 g/mol. The van der Waals surface area contributed by atoms with E-state index in [1.165, 1.54) is 12.3 Å². The maximum atomic E-state index is 14.4. The van der Waals surface area contributed by atoms with Gasteiger partial charge in [-0.2, -0.15) is 4.98 Å². The van der Waals surface area contributed by atoms with Crippen LogP contribution in [0, 0.1) is 0 Å². The third-order valence-corrected chi connectivity index (χ3v) is 3.05. The number of hydrogen-bond donors (Lipinski definition) is 3. The molecule has 18 heavy (non-hydrogen) atoms. The van der Waals surface area contributed by atoms with E-state index < -0.39 is 29.8 Å². The Kier molecular flexibility index (Phi) is 3.09. The molecule has 2 heterocycles. The highest BCUT2D eigenvalue weighted by atomic mass is 19.1. The summed E-state index contributed by atoms with van der Waals surface area (Å²) in [5, 5.41) is 9.75. The number of ether oxygens (including phenoxy) is 1. The Morgan fingerprint density at radius 1 is 1.72 bits per heavy atom. The van der Waals surface area contributed by atoms with Crippen molar-refractivity contribution in [3.8, 4) is 0 Å². The van der Waals surface area contributed by atoms with Crippen molar-refractivity contribution >= 4 is 5.82 Å². The second kappa shape index (κ2) is 4.30. The summed E-state index contributed by atoms with van der Waals surface area (Å²) in [5.74, 6) is 0.0331. The number of anilines is 1. The number of rotatable bonds is 2. The fraction of sp³-hybridized carbons (Fsp3) is 0.600. The molecule has 0 bridgehead atoms. The van der Waals surface area contributed by atoms with Gasteiger partial charge in [0.1, 0.15) is 18.0 Å². The lowest BCUT2D eigenvalue weighted by Gasteiger charge is -2.24. The molecule has 1 aromatic rings. The van der Waals surface area contributed by atoms with Crippen molar-refractivity contribution in [3.05, 3.63) is 22.7 Å². The smallest absolute Gasteiger partial charge is 0.351 e. The van der Waals surface area contributed by atoms with E-state index in [1.807, 2.05) is 0 Å². The minimum atomic E-state index is -2.13. The average Bonchev–Trinajstić information content (AvgIpc) is 2.52. The normalized spacial score (nSPS) is 35.9. The third-order valence-electron chi connectivity index (χ3n) is 3.05. The van der Waals surface area contributed by atoms with Gasteiger partial charge in [0, 0.05) is 12.7 Å². The Labute approximate surface area is 102 Å². The highest BCUT2D eigenvalue weighted by molar-refractivity contribution is 5.23. The van der Waals surface area contributed by atoms with E-state index in [1.54, 1.807) is 0 Å². The second-order valence-electron chi connectivity index (χ2n) is 4.40. The standard InChI is InChI=1S/C10H15FN4O3/c1-10(11)7(16)5(4-12)18-8(10)15-3-2-6(13)14-9(15)17/h2-3,5,7-8,16H,4,12H2,1H3,(H2,13,14,17)/t5-,7?,8-,10?/m1/s1. The largest absolute Gasteiger partial charge is 0.387 e. The van der Waals surface area contributed by atoms with Crippen LogP contribution in [0.1, 0.15) is 13.2 Å². The highest BCUT2D eigenvalue weighted by Crippen LogP contribution is 2.40. The summed E-state index contributed by atoms with van der Waals surface area (Å²) >= 11 is 0. The Morgan fingerprint density at radius 2 is 2.39 bits per heavy atom. The molecule has 7 nitrogen and oxygen atoms in total. The molecule has 0 aliphatic carbocycles. The number of nitrogen functional groups attached to an aromatic ring is 1. The van der Waals surface area contributed by atoms with Crippen LogP contribution in [0.25, 0.3) is 0 Å². The third kappa shape index (κ3) is 1.88. The zero-order valence-electron chi connectivity index (χ0n) is 9.78. The van der Waals surface area contributed by atoms with Crippen molar-refractivity contribution in [2.24, 2.45) is 5.73 Å². The molecule has 0 aromatic carbocycles. The van der Waals surface area contributed by atoms with Crippen molar-refractivity contribution in [1.29, 1.82) is 0 Å². The lowest BCUT2D eigenvalue weighted by Crippen LogP contribution is -2.43. The van der Waals surface area contributed by atoms with Gasteiger partial charge < -0.3 is 21.3 Å². The monoisotopic (exact) mass is 258 g/mol. The first-order chi connectivity index (χ1) is 8.37. The Bertz CT molecular complexity index is 504. The molecule has 4 atom stereocenters. The molecular weight excluding hydrogens is 243 g/mol. The van der Waals surface area contributed by atoms with Gasteiger partial charge >= 0.3 is 5.69 Å². The fourth-order valence-electron chi connectivity index (χ4n) is 2.01. The molecule has 2 unspecified atom stereocenters. The summed E-state index contributed by atoms with van der Waals surface area (Å²) in [5.41, 5.74) is 7.84. The first kappa shape index (κ1) is 12.9. The first-order valence-corrected chi connectivity index (χ1v) is 5.45. The van der Waals surface area contributed by atoms with Gasteiger partial charge in [-0.1, -0.05) is 0 Å². The number of hydrogen-bond acceptors (Lipinski definition) is 6. The van der Waals surface area contributed by atoms with Crippen molar-refractivity contribution in [3.63, 3.8) is 0 Å². The van der Waals surface area contributed by atoms with E-state index in [4.69, 9.17) is 16.2 Å². The molecule has 0 amide bonds. The SMILES string of the molecule is CC1(F)C(O)[C@@H](CN)O[C@H]1n1ccc(N)nc1=O. The Morgan fingerprint density at radius 3 is 2.89 bits per heavy atom. The van der Waals surface area contributed by atoms with Gasteiger partial charge in [0.05, 0.1) is 0 Å². The molecule has 0 radical (unpaired) electrons. The first-order valence-electron chi connectivity index (χ1n) is 5.45. The van der Waals surface area contributed by atoms with E-state index in [0.29, 0.717) is 0 Å². The van der Waals surface area contributed by atoms with E-state index in [0.717, 1.165) is 11.5 Å². The highest BCUT2D eigenvalue weighted by Gasteiger charge is 2.54. The van der Waals surface area contributed by atoms with Gasteiger partial charge in [-0.05, 0) is 13.0 Å². The zero-order valence-corrected chi connectivity index (χ0v) is 9.78. The van der Waals surface area contributed by atoms with E-state index in [2.05, 4.69) is 4.98 Å². The number of nitrogens with two attached hydrogens (primary N) is 2. The molecule has 0 spiro atoms. The van der Waals surface area contributed by atoms with Gasteiger partial charge in [0.2, 0.25) is 0 Å². The van der Waals surface area contributed by atoms with Crippen LogP contribution in [0.3, 0.4) is 0 Å². The van der Waals surface area contributed by atoms with Crippen LogP contribution in [0.5, 0.6) is 0 Å². The van der Waals surface area contributed by atoms with Crippen LogP contribution in [-0.2, 0) is 4.74 Å². The molecule has 1 fully saturated rings. The maximum Gasteiger partial charge on any atom is 0.351 e. The van der Waals surface area contributed by atoms with Crippen LogP contribution in [0.4, 0.5) is 10.2 Å². The molecule has 8 heteroatoms. The van der Waals surface area contributed by atoms with Gasteiger partial charge in [-0.25, -0.2) is 9.18 Å². The van der Waals surface area contributed by atoms with Crippen LogP contribution in [0.15, 0.2) is 17.1 Å². The summed E-state index contributed by atoms with van der Waals surface area (Å²) in [6.07, 6.45) is -2.27. The van der Waals surface area contributed by atoms with E-state index in [-0.39, 0.29) is 12.4 Å². The van der Waals surface area contributed by atoms with Gasteiger partial charge in [-0.3, -0.25) is 4.57 Å². The molecule has 5 N–H and O–H groups in total. The zero-order chi connectivity index (χ0) is 13.5. The second-order valence-corrected chi connectivity index (χ2v) is 4.40. The number of halogens is 1. The fourth-order valence-corrected chi connectivity index (χ4v) is 2.01.